The van der Waals surface area contributed by atoms with Gasteiger partial charge in [0.25, 0.3) is 0 Å². The Labute approximate surface area is 205 Å². The third kappa shape index (κ3) is 7.98. The summed E-state index contributed by atoms with van der Waals surface area (Å²) < 4.78 is 16.2. The van der Waals surface area contributed by atoms with E-state index in [4.69, 9.17) is 19.2 Å². The fraction of sp³-hybridized carbons (Fsp3) is 0.696. The van der Waals surface area contributed by atoms with Gasteiger partial charge >= 0.3 is 0 Å². The molecule has 0 heterocycles. The van der Waals surface area contributed by atoms with E-state index in [1.165, 1.54) is 19.3 Å². The van der Waals surface area contributed by atoms with Crippen LogP contribution >= 0.6 is 24.0 Å². The Bertz CT molecular complexity index is 681. The Morgan fingerprint density at radius 1 is 1.13 bits per heavy atom. The summed E-state index contributed by atoms with van der Waals surface area (Å²) in [5.41, 5.74) is 1.47. The van der Waals surface area contributed by atoms with Gasteiger partial charge in [-0.1, -0.05) is 12.5 Å². The molecule has 178 valence electrons. The van der Waals surface area contributed by atoms with E-state index < -0.39 is 0 Å². The second-order valence-electron chi connectivity index (χ2n) is 8.27. The summed E-state index contributed by atoms with van der Waals surface area (Å²) >= 11 is 0. The number of methoxy groups -OCH3 is 3. The van der Waals surface area contributed by atoms with E-state index in [0.29, 0.717) is 5.41 Å². The molecule has 0 saturated heterocycles. The Kier molecular flexibility index (Phi) is 12.5. The Hall–Kier alpha value is -1.26. The number of guanidine groups is 1. The number of halogens is 1. The van der Waals surface area contributed by atoms with Crippen LogP contribution in [0.3, 0.4) is 0 Å². The second kappa shape index (κ2) is 14.0. The zero-order valence-corrected chi connectivity index (χ0v) is 22.3. The molecule has 0 radical (unpaired) electrons. The zero-order valence-electron chi connectivity index (χ0n) is 20.0. The highest BCUT2D eigenvalue weighted by atomic mass is 127. The molecule has 0 aromatic heterocycles. The van der Waals surface area contributed by atoms with E-state index in [0.717, 1.165) is 55.7 Å². The molecule has 2 N–H and O–H groups in total. The molecule has 2 rings (SSSR count). The minimum absolute atomic E-state index is 0. The maximum atomic E-state index is 5.49. The molecule has 1 aliphatic rings. The van der Waals surface area contributed by atoms with E-state index in [1.54, 1.807) is 21.3 Å². The molecule has 31 heavy (non-hydrogen) atoms. The fourth-order valence-electron chi connectivity index (χ4n) is 3.92. The fourth-order valence-corrected chi connectivity index (χ4v) is 3.92. The smallest absolute Gasteiger partial charge is 0.191 e. The van der Waals surface area contributed by atoms with Crippen molar-refractivity contribution in [3.8, 4) is 11.5 Å². The highest BCUT2D eigenvalue weighted by molar-refractivity contribution is 14.0. The lowest BCUT2D eigenvalue weighted by Gasteiger charge is -2.40. The van der Waals surface area contributed by atoms with Crippen LogP contribution in [0.1, 0.15) is 44.2 Å². The molecule has 7 nitrogen and oxygen atoms in total. The normalized spacial score (nSPS) is 16.2. The van der Waals surface area contributed by atoms with Gasteiger partial charge in [-0.05, 0) is 63.4 Å². The molecule has 1 unspecified atom stereocenters. The average molecular weight is 549 g/mol. The minimum Gasteiger partial charge on any atom is -0.493 e. The van der Waals surface area contributed by atoms with Crippen molar-refractivity contribution in [3.63, 3.8) is 0 Å². The summed E-state index contributed by atoms with van der Waals surface area (Å²) in [4.78, 5) is 7.12. The number of benzene rings is 1. The quantitative estimate of drug-likeness (QED) is 0.236. The lowest BCUT2D eigenvalue weighted by Crippen LogP contribution is -2.43. The summed E-state index contributed by atoms with van der Waals surface area (Å²) in [7, 11) is 9.27. The van der Waals surface area contributed by atoms with E-state index in [-0.39, 0.29) is 30.0 Å². The van der Waals surface area contributed by atoms with Crippen molar-refractivity contribution in [1.82, 2.24) is 15.5 Å². The Morgan fingerprint density at radius 2 is 1.84 bits per heavy atom. The monoisotopic (exact) mass is 548 g/mol. The molecule has 1 aromatic rings. The molecular weight excluding hydrogens is 507 g/mol. The molecule has 1 saturated carbocycles. The molecule has 0 aliphatic heterocycles. The molecule has 8 heteroatoms. The summed E-state index contributed by atoms with van der Waals surface area (Å²) in [6, 6.07) is 6.26. The van der Waals surface area contributed by atoms with Gasteiger partial charge in [-0.3, -0.25) is 4.99 Å². The van der Waals surface area contributed by atoms with Crippen LogP contribution < -0.4 is 20.1 Å². The van der Waals surface area contributed by atoms with Crippen molar-refractivity contribution in [1.29, 1.82) is 0 Å². The molecule has 0 spiro atoms. The van der Waals surface area contributed by atoms with Crippen molar-refractivity contribution in [3.05, 3.63) is 23.8 Å². The molecule has 0 bridgehead atoms. The van der Waals surface area contributed by atoms with Crippen molar-refractivity contribution in [2.24, 2.45) is 10.4 Å². The summed E-state index contributed by atoms with van der Waals surface area (Å²) in [5, 5.41) is 6.93. The van der Waals surface area contributed by atoms with Crippen LogP contribution in [-0.4, -0.2) is 72.5 Å². The first-order chi connectivity index (χ1) is 14.5. The Morgan fingerprint density at radius 3 is 2.35 bits per heavy atom. The van der Waals surface area contributed by atoms with Crippen molar-refractivity contribution in [2.45, 2.75) is 38.6 Å². The topological polar surface area (TPSA) is 67.4 Å². The maximum Gasteiger partial charge on any atom is 0.191 e. The number of hydrogen-bond acceptors (Lipinski definition) is 5. The summed E-state index contributed by atoms with van der Waals surface area (Å²) in [6.07, 6.45) is 4.86. The number of hydrogen-bond donors (Lipinski definition) is 2. The van der Waals surface area contributed by atoms with Gasteiger partial charge in [0.2, 0.25) is 0 Å². The van der Waals surface area contributed by atoms with E-state index in [9.17, 15) is 0 Å². The third-order valence-electron chi connectivity index (χ3n) is 6.05. The number of likely N-dealkylation sites (N-methyl/N-ethyl adjacent to an activating group) is 1. The second-order valence-corrected chi connectivity index (χ2v) is 8.27. The molecule has 1 fully saturated rings. The first-order valence-electron chi connectivity index (χ1n) is 10.9. The van der Waals surface area contributed by atoms with Crippen LogP contribution in [-0.2, 0) is 4.74 Å². The number of nitrogens with one attached hydrogen (secondary N) is 2. The highest BCUT2D eigenvalue weighted by Gasteiger charge is 2.36. The van der Waals surface area contributed by atoms with Crippen LogP contribution in [0.2, 0.25) is 0 Å². The predicted molar refractivity (Wildman–Crippen MR) is 138 cm³/mol. The van der Waals surface area contributed by atoms with Crippen molar-refractivity contribution >= 4 is 29.9 Å². The van der Waals surface area contributed by atoms with Crippen LogP contribution in [0.5, 0.6) is 11.5 Å². The minimum atomic E-state index is 0. The lowest BCUT2D eigenvalue weighted by molar-refractivity contribution is 0.0778. The average Bonchev–Trinajstić information content (AvgIpc) is 2.72. The molecular formula is C23H41IN4O3. The SMILES string of the molecule is CCNC(=NCC1(CCOC)CCC1)NCC(c1ccc(OC)c(OC)c1)N(C)C.I. The van der Waals surface area contributed by atoms with E-state index in [1.807, 2.05) is 12.1 Å². The number of ether oxygens (including phenoxy) is 3. The van der Waals surface area contributed by atoms with Crippen molar-refractivity contribution < 1.29 is 14.2 Å². The van der Waals surface area contributed by atoms with Crippen LogP contribution in [0.4, 0.5) is 0 Å². The third-order valence-corrected chi connectivity index (χ3v) is 6.05. The van der Waals surface area contributed by atoms with Gasteiger partial charge in [0.1, 0.15) is 0 Å². The maximum absolute atomic E-state index is 5.49. The van der Waals surface area contributed by atoms with E-state index in [2.05, 4.69) is 42.6 Å². The number of nitrogens with zero attached hydrogens (tertiary/aromatic N) is 2. The number of rotatable bonds is 12. The molecule has 1 atom stereocenters. The molecule has 1 aliphatic carbocycles. The molecule has 0 amide bonds. The van der Waals surface area contributed by atoms with Crippen LogP contribution in [0.25, 0.3) is 0 Å². The van der Waals surface area contributed by atoms with Gasteiger partial charge in [0, 0.05) is 33.4 Å². The summed E-state index contributed by atoms with van der Waals surface area (Å²) in [6.45, 7) is 5.31. The molecule has 1 aromatic carbocycles. The zero-order chi connectivity index (χ0) is 22.0. The van der Waals surface area contributed by atoms with Gasteiger partial charge < -0.3 is 29.7 Å². The van der Waals surface area contributed by atoms with Crippen LogP contribution in [0, 0.1) is 5.41 Å². The predicted octanol–water partition coefficient (Wildman–Crippen LogP) is 3.69. The van der Waals surface area contributed by atoms with Gasteiger partial charge in [-0.15, -0.1) is 24.0 Å². The first-order valence-corrected chi connectivity index (χ1v) is 10.9. The van der Waals surface area contributed by atoms with Gasteiger partial charge in [0.15, 0.2) is 17.5 Å². The standard InChI is InChI=1S/C23H40N4O3.HI/c1-7-24-22(26-17-23(11-8-12-23)13-14-28-4)25-16-19(27(2)3)18-9-10-20(29-5)21(15-18)30-6;/h9-10,15,19H,7-8,11-14,16-17H2,1-6H3,(H2,24,25,26);1H. The van der Waals surface area contributed by atoms with Crippen LogP contribution in [0.15, 0.2) is 23.2 Å². The van der Waals surface area contributed by atoms with E-state index >= 15 is 0 Å². The highest BCUT2D eigenvalue weighted by Crippen LogP contribution is 2.44. The van der Waals surface area contributed by atoms with Gasteiger partial charge in [0.05, 0.1) is 20.3 Å². The Balaban J connectivity index is 0.00000480. The summed E-state index contributed by atoms with van der Waals surface area (Å²) in [5.74, 6) is 2.35. The van der Waals surface area contributed by atoms with Crippen molar-refractivity contribution in [2.75, 3.05) is 61.7 Å². The first kappa shape index (κ1) is 27.8. The number of aliphatic imine (C=N–C) groups is 1. The van der Waals surface area contributed by atoms with Gasteiger partial charge in [-0.25, -0.2) is 0 Å². The largest absolute Gasteiger partial charge is 0.493 e. The lowest BCUT2D eigenvalue weighted by atomic mass is 9.67. The van der Waals surface area contributed by atoms with Gasteiger partial charge in [-0.2, -0.15) is 0 Å².